The predicted molar refractivity (Wildman–Crippen MR) is 147 cm³/mol. The molecule has 0 saturated carbocycles. The molecule has 8 heteroatoms. The van der Waals surface area contributed by atoms with Crippen molar-refractivity contribution in [2.45, 2.75) is 43.6 Å². The Morgan fingerprint density at radius 2 is 1.97 bits per heavy atom. The molecule has 208 valence electrons. The highest BCUT2D eigenvalue weighted by atomic mass is 16.6. The van der Waals surface area contributed by atoms with Gasteiger partial charge in [0.25, 0.3) is 0 Å². The minimum absolute atomic E-state index is 0.0763. The Morgan fingerprint density at radius 3 is 2.69 bits per heavy atom. The van der Waals surface area contributed by atoms with Gasteiger partial charge in [0.2, 0.25) is 0 Å². The SMILES string of the molecule is CC[C@@H]1CN2CC[C@@]34OCCO[C@@]3(Nc3c(-c5ccccc5)ccc(OC)c34)[C@@H]2C[C@@H]1/C(=C\OC)C(=O)CO. The molecule has 2 N–H and O–H groups in total. The van der Waals surface area contributed by atoms with Crippen LogP contribution in [0.25, 0.3) is 11.1 Å². The second-order valence-electron chi connectivity index (χ2n) is 11.0. The lowest BCUT2D eigenvalue weighted by Crippen LogP contribution is -2.75. The van der Waals surface area contributed by atoms with E-state index >= 15 is 0 Å². The minimum atomic E-state index is -0.860. The first-order valence-electron chi connectivity index (χ1n) is 14.0. The molecule has 0 aromatic heterocycles. The Labute approximate surface area is 229 Å². The van der Waals surface area contributed by atoms with Crippen molar-refractivity contribution in [3.8, 4) is 16.9 Å². The van der Waals surface area contributed by atoms with Gasteiger partial charge >= 0.3 is 0 Å². The summed E-state index contributed by atoms with van der Waals surface area (Å²) in [6.45, 7) is 4.26. The maximum Gasteiger partial charge on any atom is 0.188 e. The van der Waals surface area contributed by atoms with Crippen LogP contribution in [-0.2, 0) is 24.6 Å². The van der Waals surface area contributed by atoms with Crippen molar-refractivity contribution in [3.63, 3.8) is 0 Å². The maximum atomic E-state index is 12.9. The van der Waals surface area contributed by atoms with Gasteiger partial charge in [-0.25, -0.2) is 0 Å². The number of fused-ring (bicyclic) bond motifs is 2. The quantitative estimate of drug-likeness (QED) is 0.408. The van der Waals surface area contributed by atoms with E-state index in [0.717, 1.165) is 54.1 Å². The lowest BCUT2D eigenvalue weighted by molar-refractivity contribution is -0.297. The lowest BCUT2D eigenvalue weighted by Gasteiger charge is -2.61. The molecule has 4 aliphatic rings. The number of anilines is 1. The molecule has 4 heterocycles. The Hall–Kier alpha value is -2.91. The summed E-state index contributed by atoms with van der Waals surface area (Å²) in [5, 5.41) is 13.7. The third-order valence-electron chi connectivity index (χ3n) is 9.36. The van der Waals surface area contributed by atoms with Gasteiger partial charge in [-0.1, -0.05) is 43.7 Å². The number of carbonyl (C=O) groups is 1. The van der Waals surface area contributed by atoms with Crippen LogP contribution in [0, 0.1) is 11.8 Å². The zero-order chi connectivity index (χ0) is 27.2. The zero-order valence-corrected chi connectivity index (χ0v) is 22.9. The standard InChI is InChI=1S/C31H38N2O6/c1-4-20-17-33-13-12-30-28-26(37-3)11-10-22(21-8-6-5-7-9-21)29(28)32-31(30,39-15-14-38-30)27(33)16-23(20)24(19-36-2)25(35)18-34/h5-11,19-20,23,27,32,34H,4,12-18H2,1-3H3/b24-19+/t20-,23+,27+,30+,31+/m1/s1. The summed E-state index contributed by atoms with van der Waals surface area (Å²) in [6.07, 6.45) is 3.88. The first-order valence-corrected chi connectivity index (χ1v) is 14.0. The van der Waals surface area contributed by atoms with Crippen LogP contribution in [0.5, 0.6) is 5.75 Å². The average Bonchev–Trinajstić information content (AvgIpc) is 3.31. The lowest BCUT2D eigenvalue weighted by atomic mass is 9.66. The van der Waals surface area contributed by atoms with Crippen molar-refractivity contribution in [2.75, 3.05) is 52.4 Å². The summed E-state index contributed by atoms with van der Waals surface area (Å²) < 4.78 is 25.0. The van der Waals surface area contributed by atoms with E-state index in [0.29, 0.717) is 25.2 Å². The second kappa shape index (κ2) is 10.2. The number of Topliss-reactive ketones (excluding diaryl/α,β-unsaturated/α-hetero) is 1. The van der Waals surface area contributed by atoms with Gasteiger partial charge in [0.05, 0.1) is 51.0 Å². The summed E-state index contributed by atoms with van der Waals surface area (Å²) in [5.74, 6) is 0.675. The molecular formula is C31H38N2O6. The number of aliphatic hydroxyl groups is 1. The van der Waals surface area contributed by atoms with Crippen molar-refractivity contribution in [2.24, 2.45) is 11.8 Å². The number of aliphatic hydroxyl groups excluding tert-OH is 1. The van der Waals surface area contributed by atoms with Crippen molar-refractivity contribution >= 4 is 11.5 Å². The van der Waals surface area contributed by atoms with Crippen molar-refractivity contribution in [1.82, 2.24) is 4.90 Å². The third-order valence-corrected chi connectivity index (χ3v) is 9.36. The van der Waals surface area contributed by atoms with E-state index in [4.69, 9.17) is 18.9 Å². The molecule has 3 fully saturated rings. The molecule has 0 spiro atoms. The van der Waals surface area contributed by atoms with Gasteiger partial charge < -0.3 is 29.4 Å². The average molecular weight is 535 g/mol. The molecule has 0 amide bonds. The summed E-state index contributed by atoms with van der Waals surface area (Å²) >= 11 is 0. The highest BCUT2D eigenvalue weighted by molar-refractivity contribution is 5.96. The van der Waals surface area contributed by atoms with E-state index in [9.17, 15) is 9.90 Å². The van der Waals surface area contributed by atoms with Gasteiger partial charge in [0, 0.05) is 24.2 Å². The Bertz CT molecular complexity index is 1270. The molecule has 8 nitrogen and oxygen atoms in total. The molecule has 2 aromatic carbocycles. The smallest absolute Gasteiger partial charge is 0.188 e. The highest BCUT2D eigenvalue weighted by Gasteiger charge is 2.70. The molecule has 0 aliphatic carbocycles. The van der Waals surface area contributed by atoms with Gasteiger partial charge in [-0.15, -0.1) is 0 Å². The van der Waals surface area contributed by atoms with Gasteiger partial charge in [-0.2, -0.15) is 0 Å². The van der Waals surface area contributed by atoms with E-state index in [1.165, 1.54) is 6.26 Å². The van der Waals surface area contributed by atoms with E-state index in [1.54, 1.807) is 14.2 Å². The maximum absolute atomic E-state index is 12.9. The molecule has 4 aliphatic heterocycles. The first kappa shape index (κ1) is 26.3. The Morgan fingerprint density at radius 1 is 1.18 bits per heavy atom. The van der Waals surface area contributed by atoms with E-state index < -0.39 is 17.9 Å². The fourth-order valence-corrected chi connectivity index (χ4v) is 7.68. The molecule has 0 radical (unpaired) electrons. The number of ether oxygens (including phenoxy) is 4. The molecule has 5 atom stereocenters. The number of hydrogen-bond donors (Lipinski definition) is 2. The predicted octanol–water partition coefficient (Wildman–Crippen LogP) is 3.94. The van der Waals surface area contributed by atoms with Crippen LogP contribution in [-0.4, -0.2) is 74.7 Å². The largest absolute Gasteiger partial charge is 0.504 e. The fraction of sp³-hybridized carbons (Fsp3) is 0.516. The normalized spacial score (nSPS) is 31.8. The third kappa shape index (κ3) is 3.84. The number of benzene rings is 2. The molecule has 0 bridgehead atoms. The zero-order valence-electron chi connectivity index (χ0n) is 22.9. The second-order valence-corrected chi connectivity index (χ2v) is 11.0. The molecule has 3 saturated heterocycles. The van der Waals surface area contributed by atoms with Crippen LogP contribution in [0.15, 0.2) is 54.3 Å². The fourth-order valence-electron chi connectivity index (χ4n) is 7.68. The number of ketones is 1. The molecular weight excluding hydrogens is 496 g/mol. The summed E-state index contributed by atoms with van der Waals surface area (Å²) in [7, 11) is 3.26. The molecule has 0 unspecified atom stereocenters. The number of nitrogens with zero attached hydrogens (tertiary/aromatic N) is 1. The molecule has 2 aromatic rings. The topological polar surface area (TPSA) is 89.5 Å². The van der Waals surface area contributed by atoms with Crippen LogP contribution in [0.3, 0.4) is 0 Å². The van der Waals surface area contributed by atoms with E-state index in [1.807, 2.05) is 24.3 Å². The number of methoxy groups -OCH3 is 2. The summed E-state index contributed by atoms with van der Waals surface area (Å²) in [4.78, 5) is 15.4. The van der Waals surface area contributed by atoms with Crippen LogP contribution in [0.1, 0.15) is 31.7 Å². The molecule has 6 rings (SSSR count). The highest BCUT2D eigenvalue weighted by Crippen LogP contribution is 2.63. The van der Waals surface area contributed by atoms with Gasteiger partial charge in [-0.3, -0.25) is 9.69 Å². The van der Waals surface area contributed by atoms with Gasteiger partial charge in [0.15, 0.2) is 11.5 Å². The van der Waals surface area contributed by atoms with Gasteiger partial charge in [-0.05, 0) is 42.4 Å². The molecule has 39 heavy (non-hydrogen) atoms. The van der Waals surface area contributed by atoms with Crippen LogP contribution >= 0.6 is 0 Å². The number of carbonyl (C=O) groups excluding carboxylic acids is 1. The number of rotatable bonds is 7. The Kier molecular flexibility index (Phi) is 6.91. The van der Waals surface area contributed by atoms with E-state index in [-0.39, 0.29) is 23.7 Å². The number of nitrogens with one attached hydrogen (secondary N) is 1. The Balaban J connectivity index is 1.50. The number of piperidine rings is 2. The summed E-state index contributed by atoms with van der Waals surface area (Å²) in [6, 6.07) is 14.4. The number of hydrogen-bond acceptors (Lipinski definition) is 8. The van der Waals surface area contributed by atoms with Crippen LogP contribution < -0.4 is 10.1 Å². The van der Waals surface area contributed by atoms with E-state index in [2.05, 4.69) is 35.3 Å². The monoisotopic (exact) mass is 534 g/mol. The van der Waals surface area contributed by atoms with Crippen molar-refractivity contribution in [1.29, 1.82) is 0 Å². The summed E-state index contributed by atoms with van der Waals surface area (Å²) in [5.41, 5.74) is 3.13. The van der Waals surface area contributed by atoms with Crippen molar-refractivity contribution in [3.05, 3.63) is 59.9 Å². The minimum Gasteiger partial charge on any atom is -0.504 e. The van der Waals surface area contributed by atoms with Crippen molar-refractivity contribution < 1.29 is 28.8 Å². The first-order chi connectivity index (χ1) is 19.0. The van der Waals surface area contributed by atoms with Crippen LogP contribution in [0.4, 0.5) is 5.69 Å². The van der Waals surface area contributed by atoms with Gasteiger partial charge in [0.1, 0.15) is 18.0 Å². The van der Waals surface area contributed by atoms with Crippen LogP contribution in [0.2, 0.25) is 0 Å².